The van der Waals surface area contributed by atoms with E-state index in [1.165, 1.54) is 20.1 Å². The van der Waals surface area contributed by atoms with Crippen LogP contribution in [-0.2, 0) is 14.8 Å². The Morgan fingerprint density at radius 2 is 2.14 bits per heavy atom. The minimum absolute atomic E-state index is 0.179. The highest BCUT2D eigenvalue weighted by Gasteiger charge is 2.40. The molecule has 0 aliphatic carbocycles. The van der Waals surface area contributed by atoms with E-state index in [0.29, 0.717) is 12.8 Å². The molecule has 1 aliphatic heterocycles. The van der Waals surface area contributed by atoms with E-state index in [-0.39, 0.29) is 12.3 Å². The van der Waals surface area contributed by atoms with Gasteiger partial charge in [-0.25, -0.2) is 12.8 Å². The van der Waals surface area contributed by atoms with Gasteiger partial charge in [-0.3, -0.25) is 4.79 Å². The fraction of sp³-hybridized carbons (Fsp3) is 0.500. The van der Waals surface area contributed by atoms with Crippen molar-refractivity contribution in [1.29, 1.82) is 0 Å². The molecule has 6 nitrogen and oxygen atoms in total. The molecule has 0 bridgehead atoms. The molecule has 1 fully saturated rings. The van der Waals surface area contributed by atoms with Gasteiger partial charge in [-0.2, -0.15) is 4.31 Å². The first kappa shape index (κ1) is 16.7. The van der Waals surface area contributed by atoms with Gasteiger partial charge in [0.2, 0.25) is 10.0 Å². The summed E-state index contributed by atoms with van der Waals surface area (Å²) in [5.74, 6) is -2.53. The molecule has 1 aromatic rings. The molecule has 1 aromatic carbocycles. The molecule has 2 atom stereocenters. The van der Waals surface area contributed by atoms with Crippen LogP contribution in [0.5, 0.6) is 5.75 Å². The molecular formula is C14H18FNO5S. The van der Waals surface area contributed by atoms with Gasteiger partial charge in [0.05, 0.1) is 13.0 Å². The Morgan fingerprint density at radius 1 is 1.45 bits per heavy atom. The van der Waals surface area contributed by atoms with Crippen LogP contribution in [0.2, 0.25) is 0 Å². The predicted molar refractivity (Wildman–Crippen MR) is 76.7 cm³/mol. The highest BCUT2D eigenvalue weighted by molar-refractivity contribution is 7.89. The molecule has 1 N–H and O–H groups in total. The quantitative estimate of drug-likeness (QED) is 0.908. The average Bonchev–Trinajstić information content (AvgIpc) is 2.46. The summed E-state index contributed by atoms with van der Waals surface area (Å²) < 4.78 is 45.3. The van der Waals surface area contributed by atoms with E-state index in [9.17, 15) is 22.7 Å². The molecule has 2 rings (SSSR count). The highest BCUT2D eigenvalue weighted by atomic mass is 32.2. The number of hydrogen-bond acceptors (Lipinski definition) is 4. The lowest BCUT2D eigenvalue weighted by atomic mass is 9.92. The van der Waals surface area contributed by atoms with E-state index in [4.69, 9.17) is 4.74 Å². The minimum atomic E-state index is -4.09. The van der Waals surface area contributed by atoms with E-state index >= 15 is 0 Å². The van der Waals surface area contributed by atoms with Gasteiger partial charge in [-0.1, -0.05) is 0 Å². The fourth-order valence-electron chi connectivity index (χ4n) is 2.73. The standard InChI is InChI=1S/C14H18FNO5S/c1-9-11(14(17)18)4-3-7-16(9)22(19,20)13-6-5-10(21-2)8-12(13)15/h5-6,8-9,11H,3-4,7H2,1-2H3,(H,17,18)/t9-,11-/m0/s1. The lowest BCUT2D eigenvalue weighted by molar-refractivity contribution is -0.144. The summed E-state index contributed by atoms with van der Waals surface area (Å²) in [6, 6.07) is 2.77. The third-order valence-electron chi connectivity index (χ3n) is 3.97. The Hall–Kier alpha value is -1.67. The molecule has 22 heavy (non-hydrogen) atoms. The Labute approximate surface area is 128 Å². The molecule has 1 aliphatic rings. The van der Waals surface area contributed by atoms with Crippen molar-refractivity contribution in [2.24, 2.45) is 5.92 Å². The molecule has 0 saturated carbocycles. The zero-order valence-corrected chi connectivity index (χ0v) is 13.1. The van der Waals surface area contributed by atoms with Gasteiger partial charge in [-0.15, -0.1) is 0 Å². The zero-order chi connectivity index (χ0) is 16.5. The van der Waals surface area contributed by atoms with Crippen LogP contribution in [0.1, 0.15) is 19.8 Å². The topological polar surface area (TPSA) is 83.9 Å². The third kappa shape index (κ3) is 2.93. The third-order valence-corrected chi connectivity index (χ3v) is 5.99. The van der Waals surface area contributed by atoms with E-state index in [0.717, 1.165) is 16.4 Å². The number of ether oxygens (including phenoxy) is 1. The van der Waals surface area contributed by atoms with Crippen LogP contribution in [0.25, 0.3) is 0 Å². The van der Waals surface area contributed by atoms with Crippen LogP contribution in [0.3, 0.4) is 0 Å². The Balaban J connectivity index is 2.39. The monoisotopic (exact) mass is 331 g/mol. The minimum Gasteiger partial charge on any atom is -0.497 e. The Morgan fingerprint density at radius 3 is 2.68 bits per heavy atom. The highest BCUT2D eigenvalue weighted by Crippen LogP contribution is 2.31. The number of nitrogens with zero attached hydrogens (tertiary/aromatic N) is 1. The second-order valence-corrected chi connectivity index (χ2v) is 7.10. The summed E-state index contributed by atoms with van der Waals surface area (Å²) in [6.45, 7) is 1.72. The summed E-state index contributed by atoms with van der Waals surface area (Å²) in [5, 5.41) is 9.17. The molecule has 0 aromatic heterocycles. The fourth-order valence-corrected chi connectivity index (χ4v) is 4.48. The molecule has 0 spiro atoms. The lowest BCUT2D eigenvalue weighted by Crippen LogP contribution is -2.49. The molecular weight excluding hydrogens is 313 g/mol. The number of carboxylic acids is 1. The maximum absolute atomic E-state index is 14.1. The van der Waals surface area contributed by atoms with Gasteiger partial charge in [0.25, 0.3) is 0 Å². The van der Waals surface area contributed by atoms with Gasteiger partial charge in [0, 0.05) is 18.7 Å². The Bertz CT molecular complexity index is 676. The van der Waals surface area contributed by atoms with Crippen molar-refractivity contribution in [3.05, 3.63) is 24.0 Å². The number of carbonyl (C=O) groups is 1. The van der Waals surface area contributed by atoms with Crippen molar-refractivity contribution in [2.45, 2.75) is 30.7 Å². The van der Waals surface area contributed by atoms with Crippen molar-refractivity contribution >= 4 is 16.0 Å². The van der Waals surface area contributed by atoms with E-state index in [1.54, 1.807) is 0 Å². The zero-order valence-electron chi connectivity index (χ0n) is 12.3. The number of aliphatic carboxylic acids is 1. The first-order chi connectivity index (χ1) is 10.3. The normalized spacial score (nSPS) is 23.2. The van der Waals surface area contributed by atoms with Crippen molar-refractivity contribution in [1.82, 2.24) is 4.31 Å². The lowest BCUT2D eigenvalue weighted by Gasteiger charge is -2.36. The molecule has 1 heterocycles. The van der Waals surface area contributed by atoms with E-state index in [1.807, 2.05) is 0 Å². The number of rotatable bonds is 4. The molecule has 122 valence electrons. The number of carboxylic acid groups (broad SMARTS) is 1. The van der Waals surface area contributed by atoms with Gasteiger partial charge >= 0.3 is 5.97 Å². The summed E-state index contributed by atoms with van der Waals surface area (Å²) in [7, 11) is -2.74. The maximum atomic E-state index is 14.1. The molecule has 8 heteroatoms. The molecule has 1 saturated heterocycles. The van der Waals surface area contributed by atoms with E-state index < -0.39 is 38.7 Å². The van der Waals surface area contributed by atoms with Crippen LogP contribution in [0.15, 0.2) is 23.1 Å². The second-order valence-electron chi connectivity index (χ2n) is 5.24. The van der Waals surface area contributed by atoms with Crippen LogP contribution in [0, 0.1) is 11.7 Å². The average molecular weight is 331 g/mol. The van der Waals surface area contributed by atoms with Crippen molar-refractivity contribution in [2.75, 3.05) is 13.7 Å². The molecule has 0 radical (unpaired) electrons. The number of benzene rings is 1. The predicted octanol–water partition coefficient (Wildman–Crippen LogP) is 1.71. The summed E-state index contributed by atoms with van der Waals surface area (Å²) in [5.41, 5.74) is 0. The number of piperidine rings is 1. The van der Waals surface area contributed by atoms with Gasteiger partial charge < -0.3 is 9.84 Å². The molecule has 0 amide bonds. The van der Waals surface area contributed by atoms with Crippen LogP contribution in [0.4, 0.5) is 4.39 Å². The summed E-state index contributed by atoms with van der Waals surface area (Å²) in [6.07, 6.45) is 0.839. The van der Waals surface area contributed by atoms with Gasteiger partial charge in [0.15, 0.2) is 0 Å². The first-order valence-corrected chi connectivity index (χ1v) is 8.31. The SMILES string of the molecule is COc1ccc(S(=O)(=O)N2CCC[C@H](C(=O)O)[C@@H]2C)c(F)c1. The largest absolute Gasteiger partial charge is 0.497 e. The Kier molecular flexibility index (Phi) is 4.72. The second kappa shape index (κ2) is 6.21. The number of hydrogen-bond donors (Lipinski definition) is 1. The summed E-state index contributed by atoms with van der Waals surface area (Å²) in [4.78, 5) is 10.7. The molecule has 0 unspecified atom stereocenters. The van der Waals surface area contributed by atoms with Crippen molar-refractivity contribution < 1.29 is 27.4 Å². The van der Waals surface area contributed by atoms with Gasteiger partial charge in [0.1, 0.15) is 16.5 Å². The van der Waals surface area contributed by atoms with Crippen LogP contribution in [-0.4, -0.2) is 43.5 Å². The number of halogens is 1. The smallest absolute Gasteiger partial charge is 0.308 e. The first-order valence-electron chi connectivity index (χ1n) is 6.87. The van der Waals surface area contributed by atoms with Crippen molar-refractivity contribution in [3.8, 4) is 5.75 Å². The number of sulfonamides is 1. The summed E-state index contributed by atoms with van der Waals surface area (Å²) >= 11 is 0. The van der Waals surface area contributed by atoms with Crippen molar-refractivity contribution in [3.63, 3.8) is 0 Å². The van der Waals surface area contributed by atoms with Crippen LogP contribution >= 0.6 is 0 Å². The van der Waals surface area contributed by atoms with E-state index in [2.05, 4.69) is 0 Å². The van der Waals surface area contributed by atoms with Gasteiger partial charge in [-0.05, 0) is 31.9 Å². The maximum Gasteiger partial charge on any atom is 0.308 e. The van der Waals surface area contributed by atoms with Crippen LogP contribution < -0.4 is 4.74 Å². The number of methoxy groups -OCH3 is 1.